The molecule has 1 atom stereocenters. The Kier molecular flexibility index (Phi) is 6.34. The van der Waals surface area contributed by atoms with Gasteiger partial charge in [-0.2, -0.15) is 10.2 Å². The molecule has 0 radical (unpaired) electrons. The van der Waals surface area contributed by atoms with Crippen molar-refractivity contribution < 1.29 is 21.6 Å². The zero-order valence-corrected chi connectivity index (χ0v) is 20.0. The third-order valence-electron chi connectivity index (χ3n) is 6.67. The average molecular weight is 509 g/mol. The highest BCUT2D eigenvalue weighted by atomic mass is 32.2. The van der Waals surface area contributed by atoms with Crippen molar-refractivity contribution in [3.8, 4) is 0 Å². The Hall–Kier alpha value is -2.86. The average Bonchev–Trinajstić information content (AvgIpc) is 3.35. The molecule has 1 aliphatic carbocycles. The second-order valence-electron chi connectivity index (χ2n) is 9.13. The van der Waals surface area contributed by atoms with E-state index in [4.69, 9.17) is 5.10 Å². The van der Waals surface area contributed by atoms with Crippen molar-refractivity contribution in [2.75, 3.05) is 23.4 Å². The predicted octanol–water partition coefficient (Wildman–Crippen LogP) is 2.93. The van der Waals surface area contributed by atoms with Crippen LogP contribution in [0.2, 0.25) is 0 Å². The Morgan fingerprint density at radius 3 is 2.69 bits per heavy atom. The van der Waals surface area contributed by atoms with Crippen LogP contribution in [0.1, 0.15) is 35.7 Å². The summed E-state index contributed by atoms with van der Waals surface area (Å²) in [4.78, 5) is 0. The van der Waals surface area contributed by atoms with Crippen LogP contribution in [0.25, 0.3) is 5.57 Å². The molecule has 3 aliphatic rings. The number of nitrogens with one attached hydrogen (secondary N) is 2. The quantitative estimate of drug-likeness (QED) is 0.645. The van der Waals surface area contributed by atoms with E-state index in [0.29, 0.717) is 37.2 Å². The van der Waals surface area contributed by atoms with Crippen LogP contribution in [-0.4, -0.2) is 58.5 Å². The molecule has 4 heterocycles. The number of halogens is 3. The van der Waals surface area contributed by atoms with E-state index >= 15 is 0 Å². The van der Waals surface area contributed by atoms with Crippen molar-refractivity contribution in [1.82, 2.24) is 24.9 Å². The summed E-state index contributed by atoms with van der Waals surface area (Å²) in [7, 11) is -1.36. The van der Waals surface area contributed by atoms with Gasteiger partial charge < -0.3 is 10.6 Å². The molecule has 8 nitrogen and oxygen atoms in total. The molecule has 35 heavy (non-hydrogen) atoms. The zero-order chi connectivity index (χ0) is 24.7. The fourth-order valence-electron chi connectivity index (χ4n) is 4.93. The lowest BCUT2D eigenvalue weighted by atomic mass is 10.00. The van der Waals surface area contributed by atoms with Crippen molar-refractivity contribution in [2.24, 2.45) is 7.05 Å². The second-order valence-corrected chi connectivity index (χ2v) is 11.4. The van der Waals surface area contributed by atoms with Crippen molar-refractivity contribution in [3.63, 3.8) is 0 Å². The van der Waals surface area contributed by atoms with Crippen LogP contribution >= 0.6 is 0 Å². The van der Waals surface area contributed by atoms with Crippen LogP contribution in [0, 0.1) is 0 Å². The number of alkyl halides is 2. The van der Waals surface area contributed by atoms with Gasteiger partial charge in [-0.1, -0.05) is 0 Å². The van der Waals surface area contributed by atoms with Crippen LogP contribution in [0.15, 0.2) is 42.0 Å². The fraction of sp³-hybridized carbons (Fsp3) is 0.478. The van der Waals surface area contributed by atoms with Gasteiger partial charge in [0.05, 0.1) is 29.8 Å². The highest BCUT2D eigenvalue weighted by molar-refractivity contribution is 7.91. The first-order valence-electron chi connectivity index (χ1n) is 11.6. The topological polar surface area (TPSA) is 93.8 Å². The van der Waals surface area contributed by atoms with Crippen molar-refractivity contribution in [3.05, 3.63) is 58.8 Å². The molecule has 0 amide bonds. The number of aryl methyl sites for hydroxylation is 1. The molecule has 0 aromatic carbocycles. The molecule has 0 bridgehead atoms. The standard InChI is InChI=1S/C23H27F3N6O2S/c1-31-13-14(11-28-31)18-9-15(24)8-16(10-19(18)22(25)26)29-23-20-12-27-5-2-21(20)32(30-23)17-3-6-35(33,34)7-4-17/h8-11,13,16-17,22,27H,2-7,12H2,1H3,(H,29,30). The Bertz CT molecular complexity index is 1310. The number of anilines is 1. The minimum atomic E-state index is -3.02. The fourth-order valence-corrected chi connectivity index (χ4v) is 6.40. The molecule has 188 valence electrons. The van der Waals surface area contributed by atoms with Gasteiger partial charge in [-0.05, 0) is 36.6 Å². The molecule has 1 saturated heterocycles. The monoisotopic (exact) mass is 508 g/mol. The van der Waals surface area contributed by atoms with Gasteiger partial charge in [0, 0.05) is 55.1 Å². The first-order chi connectivity index (χ1) is 16.7. The highest BCUT2D eigenvalue weighted by Gasteiger charge is 2.31. The lowest BCUT2D eigenvalue weighted by molar-refractivity contribution is 0.195. The van der Waals surface area contributed by atoms with Gasteiger partial charge in [0.1, 0.15) is 15.7 Å². The third kappa shape index (κ3) is 4.94. The maximum Gasteiger partial charge on any atom is 0.264 e. The molecular formula is C23H27F3N6O2S. The lowest BCUT2D eigenvalue weighted by Crippen LogP contribution is -2.30. The van der Waals surface area contributed by atoms with Gasteiger partial charge >= 0.3 is 0 Å². The van der Waals surface area contributed by atoms with E-state index in [1.807, 2.05) is 4.68 Å². The number of sulfone groups is 1. The van der Waals surface area contributed by atoms with Gasteiger partial charge in [0.15, 0.2) is 5.82 Å². The molecule has 0 saturated carbocycles. The van der Waals surface area contributed by atoms with Gasteiger partial charge in [-0.3, -0.25) is 9.36 Å². The maximum atomic E-state index is 14.8. The van der Waals surface area contributed by atoms with Crippen molar-refractivity contribution >= 4 is 21.2 Å². The first-order valence-corrected chi connectivity index (χ1v) is 13.4. The van der Waals surface area contributed by atoms with E-state index in [9.17, 15) is 21.6 Å². The molecule has 2 aliphatic heterocycles. The third-order valence-corrected chi connectivity index (χ3v) is 8.39. The Labute approximate surface area is 201 Å². The van der Waals surface area contributed by atoms with Gasteiger partial charge in [0.2, 0.25) is 0 Å². The Balaban J connectivity index is 1.47. The van der Waals surface area contributed by atoms with Gasteiger partial charge in [-0.15, -0.1) is 0 Å². The minimum absolute atomic E-state index is 0.0478. The van der Waals surface area contributed by atoms with E-state index in [-0.39, 0.29) is 28.7 Å². The van der Waals surface area contributed by atoms with Crippen LogP contribution in [0.4, 0.5) is 19.0 Å². The first kappa shape index (κ1) is 23.9. The second kappa shape index (κ2) is 9.30. The summed E-state index contributed by atoms with van der Waals surface area (Å²) in [5, 5.41) is 15.2. The number of fused-ring (bicyclic) bond motifs is 1. The number of rotatable bonds is 5. The summed E-state index contributed by atoms with van der Waals surface area (Å²) in [5.74, 6) is 0.0851. The number of hydrogen-bond donors (Lipinski definition) is 2. The minimum Gasteiger partial charge on any atom is -0.358 e. The number of hydrogen-bond acceptors (Lipinski definition) is 6. The maximum absolute atomic E-state index is 14.8. The Morgan fingerprint density at radius 2 is 2.00 bits per heavy atom. The number of aromatic nitrogens is 4. The SMILES string of the molecule is Cn1cc(C2=CC(F)=CC(Nc3nn(C4CCS(=O)(=O)CC4)c4c3CNCC4)C=C2C(F)F)cn1. The molecular weight excluding hydrogens is 481 g/mol. The smallest absolute Gasteiger partial charge is 0.264 e. The van der Waals surface area contributed by atoms with Crippen LogP contribution in [-0.2, 0) is 29.9 Å². The highest BCUT2D eigenvalue weighted by Crippen LogP contribution is 2.34. The molecule has 1 fully saturated rings. The largest absolute Gasteiger partial charge is 0.358 e. The van der Waals surface area contributed by atoms with Gasteiger partial charge in [-0.25, -0.2) is 21.6 Å². The lowest BCUT2D eigenvalue weighted by Gasteiger charge is -2.25. The zero-order valence-electron chi connectivity index (χ0n) is 19.2. The molecule has 12 heteroatoms. The molecule has 1 unspecified atom stereocenters. The van der Waals surface area contributed by atoms with E-state index in [1.54, 1.807) is 13.2 Å². The van der Waals surface area contributed by atoms with Crippen LogP contribution < -0.4 is 10.6 Å². The summed E-state index contributed by atoms with van der Waals surface area (Å²) < 4.78 is 70.1. The number of nitrogens with zero attached hydrogens (tertiary/aromatic N) is 4. The summed E-state index contributed by atoms with van der Waals surface area (Å²) >= 11 is 0. The van der Waals surface area contributed by atoms with Crippen molar-refractivity contribution in [1.29, 1.82) is 0 Å². The van der Waals surface area contributed by atoms with E-state index in [1.165, 1.54) is 23.0 Å². The van der Waals surface area contributed by atoms with Crippen molar-refractivity contribution in [2.45, 2.75) is 44.3 Å². The van der Waals surface area contributed by atoms with Crippen LogP contribution in [0.3, 0.4) is 0 Å². The molecule has 0 spiro atoms. The van der Waals surface area contributed by atoms with E-state index in [2.05, 4.69) is 15.7 Å². The van der Waals surface area contributed by atoms with Crippen LogP contribution in [0.5, 0.6) is 0 Å². The van der Waals surface area contributed by atoms with E-state index < -0.39 is 28.1 Å². The Morgan fingerprint density at radius 1 is 1.23 bits per heavy atom. The molecule has 2 N–H and O–H groups in total. The van der Waals surface area contributed by atoms with E-state index in [0.717, 1.165) is 23.9 Å². The normalized spacial score (nSPS) is 22.8. The summed E-state index contributed by atoms with van der Waals surface area (Å²) in [6.45, 7) is 1.29. The molecule has 2 aromatic rings. The summed E-state index contributed by atoms with van der Waals surface area (Å²) in [6, 6.07) is -0.904. The molecule has 5 rings (SSSR count). The molecule has 2 aromatic heterocycles. The number of allylic oxidation sites excluding steroid dienone is 4. The predicted molar refractivity (Wildman–Crippen MR) is 126 cm³/mol. The summed E-state index contributed by atoms with van der Waals surface area (Å²) in [6.07, 6.45) is 5.54. The summed E-state index contributed by atoms with van der Waals surface area (Å²) in [5.41, 5.74) is 2.10. The van der Waals surface area contributed by atoms with Gasteiger partial charge in [0.25, 0.3) is 6.43 Å².